The monoisotopic (exact) mass is 385 g/mol. The van der Waals surface area contributed by atoms with E-state index in [0.29, 0.717) is 60.7 Å². The van der Waals surface area contributed by atoms with Crippen molar-refractivity contribution in [3.8, 4) is 0 Å². The minimum absolute atomic E-state index is 0.159. The van der Waals surface area contributed by atoms with Gasteiger partial charge < -0.3 is 14.4 Å². The highest BCUT2D eigenvalue weighted by atomic mass is 19.1. The molecule has 0 saturated carbocycles. The van der Waals surface area contributed by atoms with Gasteiger partial charge in [0.2, 0.25) is 5.95 Å². The first kappa shape index (κ1) is 17.2. The van der Waals surface area contributed by atoms with Gasteiger partial charge in [-0.3, -0.25) is 9.78 Å². The number of aromatic nitrogens is 3. The first-order valence-electron chi connectivity index (χ1n) is 9.39. The van der Waals surface area contributed by atoms with E-state index in [-0.39, 0.29) is 11.0 Å². The molecule has 3 aromatic rings. The molecule has 1 N–H and O–H groups in total. The number of aromatic amines is 1. The summed E-state index contributed by atoms with van der Waals surface area (Å²) in [6.45, 7) is 1.95. The summed E-state index contributed by atoms with van der Waals surface area (Å²) in [5.41, 5.74) is 1.41. The Bertz CT molecular complexity index is 1140. The molecule has 1 aromatic carbocycles. The third-order valence-electron chi connectivity index (χ3n) is 6.26. The molecule has 2 aliphatic rings. The third-order valence-corrected chi connectivity index (χ3v) is 6.26. The lowest BCUT2D eigenvalue weighted by Gasteiger charge is -2.40. The zero-order valence-electron chi connectivity index (χ0n) is 15.8. The van der Waals surface area contributed by atoms with Gasteiger partial charge in [-0.2, -0.15) is 4.98 Å². The van der Waals surface area contributed by atoms with Crippen LogP contribution in [0, 0.1) is 11.6 Å². The molecule has 28 heavy (non-hydrogen) atoms. The van der Waals surface area contributed by atoms with Gasteiger partial charge in [0.15, 0.2) is 0 Å². The van der Waals surface area contributed by atoms with Gasteiger partial charge in [-0.15, -0.1) is 0 Å². The molecule has 8 heteroatoms. The Morgan fingerprint density at radius 3 is 2.68 bits per heavy atom. The number of fused-ring (bicyclic) bond motifs is 3. The molecule has 2 aliphatic heterocycles. The van der Waals surface area contributed by atoms with Crippen molar-refractivity contribution in [2.75, 3.05) is 36.5 Å². The van der Waals surface area contributed by atoms with Crippen LogP contribution in [0.4, 0.5) is 20.4 Å². The summed E-state index contributed by atoms with van der Waals surface area (Å²) in [6, 6.07) is 4.15. The Hall–Kier alpha value is -2.90. The van der Waals surface area contributed by atoms with Crippen LogP contribution in [0.3, 0.4) is 0 Å². The number of rotatable bonds is 1. The molecule has 0 unspecified atom stereocenters. The molecule has 0 radical (unpaired) electrons. The molecule has 6 nitrogen and oxygen atoms in total. The van der Waals surface area contributed by atoms with Gasteiger partial charge in [0.05, 0.1) is 5.39 Å². The van der Waals surface area contributed by atoms with Crippen molar-refractivity contribution in [3.05, 3.63) is 51.9 Å². The van der Waals surface area contributed by atoms with Crippen molar-refractivity contribution < 1.29 is 8.78 Å². The zero-order chi connectivity index (χ0) is 19.6. The molecule has 1 spiro atoms. The first-order chi connectivity index (χ1) is 13.4. The average Bonchev–Trinajstić information content (AvgIpc) is 3.15. The predicted molar refractivity (Wildman–Crippen MR) is 104 cm³/mol. The Balaban J connectivity index is 1.47. The zero-order valence-corrected chi connectivity index (χ0v) is 15.8. The van der Waals surface area contributed by atoms with Crippen LogP contribution >= 0.6 is 0 Å². The van der Waals surface area contributed by atoms with Gasteiger partial charge in [-0.1, -0.05) is 0 Å². The molecule has 2 aromatic heterocycles. The van der Waals surface area contributed by atoms with E-state index in [0.717, 1.165) is 6.07 Å². The van der Waals surface area contributed by atoms with Crippen molar-refractivity contribution in [2.24, 2.45) is 7.05 Å². The second-order valence-electron chi connectivity index (χ2n) is 7.96. The number of aryl methyl sites for hydroxylation is 1. The normalized spacial score (nSPS) is 18.3. The largest absolute Gasteiger partial charge is 0.373 e. The van der Waals surface area contributed by atoms with Crippen LogP contribution < -0.4 is 15.4 Å². The maximum atomic E-state index is 14.7. The molecule has 1 fully saturated rings. The molecule has 0 aliphatic carbocycles. The fourth-order valence-corrected chi connectivity index (χ4v) is 4.84. The molecular formula is C20H21F2N5O. The molecule has 0 bridgehead atoms. The third kappa shape index (κ3) is 2.36. The van der Waals surface area contributed by atoms with Crippen molar-refractivity contribution in [1.29, 1.82) is 0 Å². The SMILES string of the molecule is CN1CC2(CCN(c3nc4c(ccn4C)c(=O)[nH]3)CC2)c2c(F)cc(F)cc21. The van der Waals surface area contributed by atoms with E-state index < -0.39 is 11.6 Å². The molecule has 5 rings (SSSR count). The van der Waals surface area contributed by atoms with Crippen LogP contribution in [0.5, 0.6) is 0 Å². The molecule has 1 saturated heterocycles. The van der Waals surface area contributed by atoms with E-state index in [2.05, 4.69) is 9.97 Å². The Kier molecular flexibility index (Phi) is 3.56. The standard InChI is InChI=1S/C20H21F2N5O/c1-25-6-3-13-17(25)23-19(24-18(13)28)27-7-4-20(5-8-27)11-26(2)15-10-12(21)9-14(22)16(15)20/h3,6,9-10H,4-5,7-8,11H2,1-2H3,(H,23,24,28). The van der Waals surface area contributed by atoms with Gasteiger partial charge in [0.1, 0.15) is 17.3 Å². The lowest BCUT2D eigenvalue weighted by atomic mass is 9.74. The molecule has 0 atom stereocenters. The second-order valence-corrected chi connectivity index (χ2v) is 7.96. The molecule has 4 heterocycles. The van der Waals surface area contributed by atoms with E-state index in [1.54, 1.807) is 6.07 Å². The van der Waals surface area contributed by atoms with Crippen LogP contribution in [0.2, 0.25) is 0 Å². The number of benzene rings is 1. The average molecular weight is 385 g/mol. The number of nitrogens with one attached hydrogen (secondary N) is 1. The number of anilines is 2. The maximum absolute atomic E-state index is 14.7. The van der Waals surface area contributed by atoms with Gasteiger partial charge in [-0.25, -0.2) is 8.78 Å². The smallest absolute Gasteiger partial charge is 0.261 e. The number of nitrogens with zero attached hydrogens (tertiary/aromatic N) is 4. The topological polar surface area (TPSA) is 57.2 Å². The van der Waals surface area contributed by atoms with Crippen molar-refractivity contribution >= 4 is 22.7 Å². The van der Waals surface area contributed by atoms with E-state index in [1.807, 2.05) is 34.7 Å². The van der Waals surface area contributed by atoms with E-state index in [4.69, 9.17) is 0 Å². The first-order valence-corrected chi connectivity index (χ1v) is 9.39. The summed E-state index contributed by atoms with van der Waals surface area (Å²) in [4.78, 5) is 23.8. The summed E-state index contributed by atoms with van der Waals surface area (Å²) in [5.74, 6) is -0.472. The molecule has 146 valence electrons. The second kappa shape index (κ2) is 5.80. The van der Waals surface area contributed by atoms with E-state index in [9.17, 15) is 13.6 Å². The van der Waals surface area contributed by atoms with Crippen molar-refractivity contribution in [2.45, 2.75) is 18.3 Å². The van der Waals surface area contributed by atoms with Gasteiger partial charge in [-0.05, 0) is 25.0 Å². The number of likely N-dealkylation sites (N-methyl/N-ethyl adjacent to an activating group) is 1. The highest BCUT2D eigenvalue weighted by molar-refractivity contribution is 5.76. The summed E-state index contributed by atoms with van der Waals surface area (Å²) >= 11 is 0. The number of halogens is 2. The van der Waals surface area contributed by atoms with Gasteiger partial charge in [0.25, 0.3) is 5.56 Å². The maximum Gasteiger partial charge on any atom is 0.261 e. The number of piperidine rings is 1. The predicted octanol–water partition coefficient (Wildman–Crippen LogP) is 2.53. The van der Waals surface area contributed by atoms with E-state index >= 15 is 0 Å². The summed E-state index contributed by atoms with van der Waals surface area (Å²) in [7, 11) is 3.73. The number of H-pyrrole nitrogens is 1. The summed E-state index contributed by atoms with van der Waals surface area (Å²) in [5, 5.41) is 0.565. The number of hydrogen-bond donors (Lipinski definition) is 1. The van der Waals surface area contributed by atoms with Crippen LogP contribution in [0.25, 0.3) is 11.0 Å². The van der Waals surface area contributed by atoms with Crippen molar-refractivity contribution in [1.82, 2.24) is 14.5 Å². The van der Waals surface area contributed by atoms with E-state index in [1.165, 1.54) is 6.07 Å². The highest BCUT2D eigenvalue weighted by Crippen LogP contribution is 2.48. The van der Waals surface area contributed by atoms with Crippen LogP contribution in [-0.2, 0) is 12.5 Å². The minimum atomic E-state index is -0.546. The van der Waals surface area contributed by atoms with Crippen LogP contribution in [0.1, 0.15) is 18.4 Å². The summed E-state index contributed by atoms with van der Waals surface area (Å²) in [6.07, 6.45) is 3.23. The highest BCUT2D eigenvalue weighted by Gasteiger charge is 2.46. The van der Waals surface area contributed by atoms with Crippen LogP contribution in [0.15, 0.2) is 29.2 Å². The van der Waals surface area contributed by atoms with Crippen molar-refractivity contribution in [3.63, 3.8) is 0 Å². The Morgan fingerprint density at radius 2 is 1.93 bits per heavy atom. The fourth-order valence-electron chi connectivity index (χ4n) is 4.84. The molecular weight excluding hydrogens is 364 g/mol. The Labute approximate surface area is 160 Å². The fraction of sp³-hybridized carbons (Fsp3) is 0.400. The van der Waals surface area contributed by atoms with Gasteiger partial charge in [0, 0.05) is 62.7 Å². The number of hydrogen-bond acceptors (Lipinski definition) is 4. The molecule has 0 amide bonds. The Morgan fingerprint density at radius 1 is 1.18 bits per heavy atom. The van der Waals surface area contributed by atoms with Crippen LogP contribution in [-0.4, -0.2) is 41.2 Å². The lowest BCUT2D eigenvalue weighted by molar-refractivity contribution is 0.340. The van der Waals surface area contributed by atoms with Gasteiger partial charge >= 0.3 is 0 Å². The quantitative estimate of drug-likeness (QED) is 0.700. The lowest BCUT2D eigenvalue weighted by Crippen LogP contribution is -2.46. The summed E-state index contributed by atoms with van der Waals surface area (Å²) < 4.78 is 30.2. The minimum Gasteiger partial charge on any atom is -0.373 e.